The molecule has 3 aromatic rings. The van der Waals surface area contributed by atoms with Crippen LogP contribution < -0.4 is 15.0 Å². The molecule has 0 fully saturated rings. The second-order valence-corrected chi connectivity index (χ2v) is 7.81. The van der Waals surface area contributed by atoms with E-state index < -0.39 is 0 Å². The molecule has 1 N–H and O–H groups in total. The van der Waals surface area contributed by atoms with Gasteiger partial charge in [-0.2, -0.15) is 0 Å². The van der Waals surface area contributed by atoms with Gasteiger partial charge in [0.2, 0.25) is 5.91 Å². The zero-order chi connectivity index (χ0) is 20.4. The highest BCUT2D eigenvalue weighted by molar-refractivity contribution is 7.14. The van der Waals surface area contributed by atoms with Crippen LogP contribution in [0.2, 0.25) is 0 Å². The van der Waals surface area contributed by atoms with Crippen LogP contribution in [-0.2, 0) is 16.0 Å². The van der Waals surface area contributed by atoms with Crippen LogP contribution >= 0.6 is 11.3 Å². The average molecular weight is 407 g/mol. The fourth-order valence-corrected chi connectivity index (χ4v) is 4.00. The van der Waals surface area contributed by atoms with Gasteiger partial charge in [0.05, 0.1) is 5.69 Å². The summed E-state index contributed by atoms with van der Waals surface area (Å²) in [5, 5.41) is 5.18. The van der Waals surface area contributed by atoms with Crippen LogP contribution in [0.5, 0.6) is 5.75 Å². The molecule has 1 aliphatic heterocycles. The fraction of sp³-hybridized carbons (Fsp3) is 0.227. The maximum atomic E-state index is 12.2. The summed E-state index contributed by atoms with van der Waals surface area (Å²) in [6.45, 7) is 4.21. The molecule has 0 unspecified atom stereocenters. The number of hydrogen-bond donors (Lipinski definition) is 1. The molecule has 0 saturated heterocycles. The highest BCUT2D eigenvalue weighted by atomic mass is 32.1. The number of amides is 2. The smallest absolute Gasteiger partial charge is 0.264 e. The van der Waals surface area contributed by atoms with Gasteiger partial charge in [-0.25, -0.2) is 4.98 Å². The van der Waals surface area contributed by atoms with E-state index in [9.17, 15) is 9.59 Å². The summed E-state index contributed by atoms with van der Waals surface area (Å²) in [5.74, 6) is 0.433. The molecule has 1 aliphatic rings. The van der Waals surface area contributed by atoms with E-state index in [4.69, 9.17) is 4.74 Å². The van der Waals surface area contributed by atoms with Crippen LogP contribution in [0.15, 0.2) is 47.8 Å². The van der Waals surface area contributed by atoms with Crippen molar-refractivity contribution in [3.63, 3.8) is 0 Å². The van der Waals surface area contributed by atoms with Crippen molar-refractivity contribution in [2.24, 2.45) is 0 Å². The van der Waals surface area contributed by atoms with Gasteiger partial charge in [-0.3, -0.25) is 14.9 Å². The number of carbonyl (C=O) groups is 2. The third-order valence-corrected chi connectivity index (χ3v) is 5.56. The highest BCUT2D eigenvalue weighted by Crippen LogP contribution is 2.34. The van der Waals surface area contributed by atoms with E-state index in [2.05, 4.69) is 10.3 Å². The van der Waals surface area contributed by atoms with E-state index in [1.807, 2.05) is 54.8 Å². The number of hydrogen-bond acceptors (Lipinski definition) is 5. The van der Waals surface area contributed by atoms with E-state index in [1.54, 1.807) is 11.8 Å². The molecule has 7 heteroatoms. The Balaban J connectivity index is 1.41. The van der Waals surface area contributed by atoms with Gasteiger partial charge in [-0.15, -0.1) is 11.3 Å². The molecule has 0 radical (unpaired) electrons. The lowest BCUT2D eigenvalue weighted by Gasteiger charge is -2.15. The highest BCUT2D eigenvalue weighted by Gasteiger charge is 2.22. The predicted molar refractivity (Wildman–Crippen MR) is 115 cm³/mol. The Labute approximate surface area is 173 Å². The molecule has 6 nitrogen and oxygen atoms in total. The van der Waals surface area contributed by atoms with Crippen molar-refractivity contribution in [3.8, 4) is 17.0 Å². The number of anilines is 2. The number of carbonyl (C=O) groups excluding carboxylic acids is 2. The predicted octanol–water partition coefficient (Wildman–Crippen LogP) is 4.05. The largest absolute Gasteiger partial charge is 0.484 e. The maximum absolute atomic E-state index is 12.2. The summed E-state index contributed by atoms with van der Waals surface area (Å²) in [6.07, 6.45) is 0.870. The minimum absolute atomic E-state index is 0.0423. The van der Waals surface area contributed by atoms with Crippen molar-refractivity contribution >= 4 is 34.0 Å². The molecule has 1 aromatic heterocycles. The first kappa shape index (κ1) is 19.1. The van der Waals surface area contributed by atoms with Crippen LogP contribution in [0.25, 0.3) is 11.3 Å². The summed E-state index contributed by atoms with van der Waals surface area (Å²) in [5.41, 5.74) is 4.93. The zero-order valence-corrected chi connectivity index (χ0v) is 17.1. The summed E-state index contributed by atoms with van der Waals surface area (Å²) >= 11 is 1.36. The average Bonchev–Trinajstić information content (AvgIpc) is 3.34. The standard InChI is InChI=1S/C22H21N3O3S/c1-14-3-7-18(8-4-14)28-12-21(27)24-22-23-19(13-29-22)17-6-5-16-9-10-25(15(2)26)20(16)11-17/h3-8,11,13H,9-10,12H2,1-2H3,(H,23,24,27). The number of aryl methyl sites for hydroxylation is 1. The molecule has 0 bridgehead atoms. The van der Waals surface area contributed by atoms with Gasteiger partial charge in [-0.1, -0.05) is 29.8 Å². The van der Waals surface area contributed by atoms with Gasteiger partial charge >= 0.3 is 0 Å². The van der Waals surface area contributed by atoms with Gasteiger partial charge in [0.1, 0.15) is 5.75 Å². The monoisotopic (exact) mass is 407 g/mol. The first-order chi connectivity index (χ1) is 14.0. The van der Waals surface area contributed by atoms with Crippen LogP contribution in [0, 0.1) is 6.92 Å². The summed E-state index contributed by atoms with van der Waals surface area (Å²) in [4.78, 5) is 30.3. The maximum Gasteiger partial charge on any atom is 0.264 e. The SMILES string of the molecule is CC(=O)N1CCc2ccc(-c3csc(NC(=O)COc4ccc(C)cc4)n3)cc21. The minimum Gasteiger partial charge on any atom is -0.484 e. The van der Waals surface area contributed by atoms with Crippen molar-refractivity contribution in [3.05, 3.63) is 59.0 Å². The fourth-order valence-electron chi connectivity index (χ4n) is 3.27. The molecule has 4 rings (SSSR count). The first-order valence-corrected chi connectivity index (χ1v) is 10.2. The van der Waals surface area contributed by atoms with Crippen molar-refractivity contribution in [1.82, 2.24) is 4.98 Å². The molecule has 0 aliphatic carbocycles. The Morgan fingerprint density at radius 1 is 1.21 bits per heavy atom. The van der Waals surface area contributed by atoms with E-state index in [0.717, 1.165) is 28.9 Å². The number of ether oxygens (including phenoxy) is 1. The molecule has 0 atom stereocenters. The lowest BCUT2D eigenvalue weighted by molar-refractivity contribution is -0.118. The van der Waals surface area contributed by atoms with Gasteiger partial charge in [0.15, 0.2) is 11.7 Å². The van der Waals surface area contributed by atoms with Gasteiger partial charge in [0, 0.05) is 30.1 Å². The zero-order valence-electron chi connectivity index (χ0n) is 16.3. The van der Waals surface area contributed by atoms with E-state index in [0.29, 0.717) is 17.4 Å². The Bertz CT molecular complexity index is 1060. The molecule has 2 heterocycles. The third-order valence-electron chi connectivity index (χ3n) is 4.80. The number of aromatic nitrogens is 1. The molecule has 2 amide bonds. The van der Waals surface area contributed by atoms with Crippen LogP contribution in [0.3, 0.4) is 0 Å². The lowest BCUT2D eigenvalue weighted by atomic mass is 10.1. The number of benzene rings is 2. The molecule has 29 heavy (non-hydrogen) atoms. The number of nitrogens with zero attached hydrogens (tertiary/aromatic N) is 2. The van der Waals surface area contributed by atoms with Crippen LogP contribution in [-0.4, -0.2) is 29.9 Å². The normalized spacial score (nSPS) is 12.6. The van der Waals surface area contributed by atoms with Crippen LogP contribution in [0.4, 0.5) is 10.8 Å². The Kier molecular flexibility index (Phi) is 5.31. The summed E-state index contributed by atoms with van der Waals surface area (Å²) in [7, 11) is 0. The third kappa shape index (κ3) is 4.30. The second-order valence-electron chi connectivity index (χ2n) is 6.95. The minimum atomic E-state index is -0.261. The molecule has 148 valence electrons. The van der Waals surface area contributed by atoms with Crippen molar-refractivity contribution < 1.29 is 14.3 Å². The Hall–Kier alpha value is -3.19. The molecular formula is C22H21N3O3S. The topological polar surface area (TPSA) is 71.5 Å². The van der Waals surface area contributed by atoms with E-state index in [1.165, 1.54) is 16.9 Å². The van der Waals surface area contributed by atoms with Gasteiger partial charge < -0.3 is 9.64 Å². The molecule has 2 aromatic carbocycles. The van der Waals surface area contributed by atoms with Crippen molar-refractivity contribution in [1.29, 1.82) is 0 Å². The number of rotatable bonds is 5. The van der Waals surface area contributed by atoms with Crippen LogP contribution in [0.1, 0.15) is 18.1 Å². The number of nitrogens with one attached hydrogen (secondary N) is 1. The summed E-state index contributed by atoms with van der Waals surface area (Å²) in [6, 6.07) is 13.6. The molecular weight excluding hydrogens is 386 g/mol. The van der Waals surface area contributed by atoms with Gasteiger partial charge in [-0.05, 0) is 37.1 Å². The molecule has 0 spiro atoms. The quantitative estimate of drug-likeness (QED) is 0.693. The lowest BCUT2D eigenvalue weighted by Crippen LogP contribution is -2.25. The van der Waals surface area contributed by atoms with E-state index >= 15 is 0 Å². The van der Waals surface area contributed by atoms with E-state index in [-0.39, 0.29) is 18.4 Å². The molecule has 0 saturated carbocycles. The van der Waals surface area contributed by atoms with Crippen molar-refractivity contribution in [2.75, 3.05) is 23.4 Å². The summed E-state index contributed by atoms with van der Waals surface area (Å²) < 4.78 is 5.50. The Morgan fingerprint density at radius 2 is 2.00 bits per heavy atom. The Morgan fingerprint density at radius 3 is 2.76 bits per heavy atom. The van der Waals surface area contributed by atoms with Gasteiger partial charge in [0.25, 0.3) is 5.91 Å². The first-order valence-electron chi connectivity index (χ1n) is 9.36. The number of thiazole rings is 1. The second kappa shape index (κ2) is 8.05. The number of fused-ring (bicyclic) bond motifs is 1. The van der Waals surface area contributed by atoms with Crippen molar-refractivity contribution in [2.45, 2.75) is 20.3 Å².